The lowest BCUT2D eigenvalue weighted by Crippen LogP contribution is -2.04. The van der Waals surface area contributed by atoms with Crippen molar-refractivity contribution in [3.05, 3.63) is 23.3 Å². The molecule has 0 fully saturated rings. The Morgan fingerprint density at radius 1 is 1.12 bits per heavy atom. The number of rotatable bonds is 7. The van der Waals surface area contributed by atoms with Gasteiger partial charge in [0.25, 0.3) is 0 Å². The largest absolute Gasteiger partial charge is 0.496 e. The Balaban J connectivity index is 2.54. The zero-order valence-corrected chi connectivity index (χ0v) is 11.6. The fraction of sp³-hybridized carbons (Fsp3) is 0.600. The summed E-state index contributed by atoms with van der Waals surface area (Å²) in [4.78, 5) is 0. The summed E-state index contributed by atoms with van der Waals surface area (Å²) in [5.74, 6) is 1.00. The van der Waals surface area contributed by atoms with E-state index in [2.05, 4.69) is 38.2 Å². The molecule has 0 aliphatic heterocycles. The molecule has 0 spiro atoms. The molecule has 0 aliphatic rings. The predicted molar refractivity (Wildman–Crippen MR) is 75.1 cm³/mol. The summed E-state index contributed by atoms with van der Waals surface area (Å²) in [6.45, 7) is 7.48. The molecule has 0 radical (unpaired) electrons. The molecule has 1 rings (SSSR count). The number of nitrogens with one attached hydrogen (secondary N) is 1. The number of benzene rings is 1. The van der Waals surface area contributed by atoms with Gasteiger partial charge < -0.3 is 10.1 Å². The Labute approximate surface area is 105 Å². The first kappa shape index (κ1) is 13.9. The normalized spacial score (nSPS) is 10.4. The van der Waals surface area contributed by atoms with Gasteiger partial charge in [0.2, 0.25) is 0 Å². The van der Waals surface area contributed by atoms with Crippen molar-refractivity contribution >= 4 is 5.69 Å². The Morgan fingerprint density at radius 3 is 2.53 bits per heavy atom. The maximum absolute atomic E-state index is 5.42. The average molecular weight is 235 g/mol. The van der Waals surface area contributed by atoms with Gasteiger partial charge in [0.15, 0.2) is 0 Å². The number of unbranched alkanes of at least 4 members (excludes halogenated alkanes) is 3. The molecular formula is C15H25NO. The molecule has 0 amide bonds. The molecule has 2 heteroatoms. The molecule has 1 N–H and O–H groups in total. The molecule has 2 nitrogen and oxygen atoms in total. The van der Waals surface area contributed by atoms with Crippen molar-refractivity contribution in [1.82, 2.24) is 0 Å². The summed E-state index contributed by atoms with van der Waals surface area (Å²) in [6, 6.07) is 4.26. The first-order chi connectivity index (χ1) is 8.20. The van der Waals surface area contributed by atoms with Gasteiger partial charge in [-0.2, -0.15) is 0 Å². The van der Waals surface area contributed by atoms with E-state index in [0.717, 1.165) is 12.3 Å². The molecule has 0 saturated carbocycles. The number of aryl methyl sites for hydroxylation is 1. The Kier molecular flexibility index (Phi) is 5.88. The molecule has 17 heavy (non-hydrogen) atoms. The van der Waals surface area contributed by atoms with Gasteiger partial charge in [-0.1, -0.05) is 32.3 Å². The average Bonchev–Trinajstić information content (AvgIpc) is 2.32. The highest BCUT2D eigenvalue weighted by atomic mass is 16.5. The van der Waals surface area contributed by atoms with E-state index >= 15 is 0 Å². The van der Waals surface area contributed by atoms with Crippen molar-refractivity contribution < 1.29 is 4.74 Å². The summed E-state index contributed by atoms with van der Waals surface area (Å²) < 4.78 is 5.42. The van der Waals surface area contributed by atoms with Crippen molar-refractivity contribution in [2.45, 2.75) is 46.5 Å². The quantitative estimate of drug-likeness (QED) is 0.711. The summed E-state index contributed by atoms with van der Waals surface area (Å²) in [6.07, 6.45) is 5.17. The second-order valence-electron chi connectivity index (χ2n) is 4.58. The van der Waals surface area contributed by atoms with E-state index in [1.807, 2.05) is 0 Å². The van der Waals surface area contributed by atoms with E-state index in [4.69, 9.17) is 4.74 Å². The zero-order chi connectivity index (χ0) is 12.7. The molecular weight excluding hydrogens is 210 g/mol. The van der Waals surface area contributed by atoms with Gasteiger partial charge >= 0.3 is 0 Å². The van der Waals surface area contributed by atoms with Crippen LogP contribution < -0.4 is 10.1 Å². The molecule has 0 bridgehead atoms. The fourth-order valence-corrected chi connectivity index (χ4v) is 2.11. The molecule has 0 saturated heterocycles. The number of anilines is 1. The van der Waals surface area contributed by atoms with Gasteiger partial charge in [-0.05, 0) is 31.9 Å². The molecule has 0 aliphatic carbocycles. The van der Waals surface area contributed by atoms with Crippen LogP contribution in [0.5, 0.6) is 5.75 Å². The van der Waals surface area contributed by atoms with E-state index in [0.29, 0.717) is 0 Å². The van der Waals surface area contributed by atoms with E-state index in [9.17, 15) is 0 Å². The molecule has 0 heterocycles. The first-order valence-electron chi connectivity index (χ1n) is 6.58. The van der Waals surface area contributed by atoms with E-state index in [-0.39, 0.29) is 0 Å². The third kappa shape index (κ3) is 3.95. The highest BCUT2D eigenvalue weighted by molar-refractivity contribution is 5.59. The molecule has 0 aromatic heterocycles. The van der Waals surface area contributed by atoms with Gasteiger partial charge in [-0.3, -0.25) is 0 Å². The van der Waals surface area contributed by atoms with Crippen LogP contribution in [0.2, 0.25) is 0 Å². The monoisotopic (exact) mass is 235 g/mol. The number of hydrogen-bond donors (Lipinski definition) is 1. The van der Waals surface area contributed by atoms with Crippen LogP contribution in [-0.2, 0) is 0 Å². The van der Waals surface area contributed by atoms with Crippen LogP contribution in [0.25, 0.3) is 0 Å². The van der Waals surface area contributed by atoms with E-state index in [1.165, 1.54) is 42.5 Å². The lowest BCUT2D eigenvalue weighted by Gasteiger charge is -2.14. The molecule has 0 unspecified atom stereocenters. The van der Waals surface area contributed by atoms with Crippen molar-refractivity contribution in [2.24, 2.45) is 0 Å². The minimum Gasteiger partial charge on any atom is -0.496 e. The molecule has 1 aromatic carbocycles. The van der Waals surface area contributed by atoms with Crippen LogP contribution in [0.15, 0.2) is 12.1 Å². The number of methoxy groups -OCH3 is 1. The Bertz CT molecular complexity index is 347. The highest BCUT2D eigenvalue weighted by Gasteiger charge is 2.06. The van der Waals surface area contributed by atoms with Crippen LogP contribution in [-0.4, -0.2) is 13.7 Å². The van der Waals surface area contributed by atoms with E-state index < -0.39 is 0 Å². The van der Waals surface area contributed by atoms with Crippen LogP contribution in [0.1, 0.15) is 43.7 Å². The van der Waals surface area contributed by atoms with Crippen LogP contribution in [0.4, 0.5) is 5.69 Å². The van der Waals surface area contributed by atoms with Gasteiger partial charge in [0.05, 0.1) is 7.11 Å². The lowest BCUT2D eigenvalue weighted by molar-refractivity contribution is 0.409. The zero-order valence-electron chi connectivity index (χ0n) is 11.6. The summed E-state index contributed by atoms with van der Waals surface area (Å²) in [5.41, 5.74) is 3.61. The summed E-state index contributed by atoms with van der Waals surface area (Å²) in [5, 5.41) is 3.49. The minimum absolute atomic E-state index is 1.00. The third-order valence-corrected chi connectivity index (χ3v) is 3.15. The van der Waals surface area contributed by atoms with Crippen LogP contribution in [0.3, 0.4) is 0 Å². The topological polar surface area (TPSA) is 21.3 Å². The van der Waals surface area contributed by atoms with Gasteiger partial charge in [0, 0.05) is 17.8 Å². The summed E-state index contributed by atoms with van der Waals surface area (Å²) >= 11 is 0. The van der Waals surface area contributed by atoms with Crippen LogP contribution >= 0.6 is 0 Å². The van der Waals surface area contributed by atoms with Gasteiger partial charge in [-0.15, -0.1) is 0 Å². The smallest absolute Gasteiger partial charge is 0.126 e. The number of ether oxygens (including phenoxy) is 1. The number of hydrogen-bond acceptors (Lipinski definition) is 2. The van der Waals surface area contributed by atoms with Crippen LogP contribution in [0, 0.1) is 13.8 Å². The molecule has 1 aromatic rings. The standard InChI is InChI=1S/C15H25NO/c1-5-6-7-8-11-16-14-10-9-12(2)15(17-4)13(14)3/h9-10,16H,5-8,11H2,1-4H3. The van der Waals surface area contributed by atoms with Crippen molar-refractivity contribution in [3.8, 4) is 5.75 Å². The Hall–Kier alpha value is -1.18. The van der Waals surface area contributed by atoms with Crippen molar-refractivity contribution in [1.29, 1.82) is 0 Å². The fourth-order valence-electron chi connectivity index (χ4n) is 2.11. The van der Waals surface area contributed by atoms with Crippen molar-refractivity contribution in [2.75, 3.05) is 19.0 Å². The van der Waals surface area contributed by atoms with E-state index in [1.54, 1.807) is 7.11 Å². The first-order valence-corrected chi connectivity index (χ1v) is 6.58. The minimum atomic E-state index is 1.00. The Morgan fingerprint density at radius 2 is 1.88 bits per heavy atom. The highest BCUT2D eigenvalue weighted by Crippen LogP contribution is 2.29. The molecule has 0 atom stereocenters. The second kappa shape index (κ2) is 7.21. The third-order valence-electron chi connectivity index (χ3n) is 3.15. The maximum atomic E-state index is 5.42. The maximum Gasteiger partial charge on any atom is 0.126 e. The van der Waals surface area contributed by atoms with Gasteiger partial charge in [0.1, 0.15) is 5.75 Å². The second-order valence-corrected chi connectivity index (χ2v) is 4.58. The van der Waals surface area contributed by atoms with Crippen molar-refractivity contribution in [3.63, 3.8) is 0 Å². The SMILES string of the molecule is CCCCCCNc1ccc(C)c(OC)c1C. The van der Waals surface area contributed by atoms with Gasteiger partial charge in [-0.25, -0.2) is 0 Å². The summed E-state index contributed by atoms with van der Waals surface area (Å²) in [7, 11) is 1.74. The molecule has 96 valence electrons. The lowest BCUT2D eigenvalue weighted by atomic mass is 10.1. The predicted octanol–water partition coefficient (Wildman–Crippen LogP) is 4.30.